The molecule has 0 aromatic heterocycles. The lowest BCUT2D eigenvalue weighted by Gasteiger charge is -2.15. The summed E-state index contributed by atoms with van der Waals surface area (Å²) in [6, 6.07) is 13.5. The molecular weight excluding hydrogens is 307 g/mol. The molecule has 3 rings (SSSR count). The van der Waals surface area contributed by atoms with Crippen molar-refractivity contribution >= 4 is 17.5 Å². The van der Waals surface area contributed by atoms with Crippen molar-refractivity contribution in [3.63, 3.8) is 0 Å². The summed E-state index contributed by atoms with van der Waals surface area (Å²) in [5, 5.41) is 2.82. The molecule has 1 unspecified atom stereocenters. The molecule has 1 aliphatic heterocycles. The zero-order valence-corrected chi connectivity index (χ0v) is 13.5. The second-order valence-electron chi connectivity index (χ2n) is 5.94. The average molecular weight is 326 g/mol. The second kappa shape index (κ2) is 6.83. The zero-order valence-electron chi connectivity index (χ0n) is 13.5. The van der Waals surface area contributed by atoms with Gasteiger partial charge >= 0.3 is 0 Å². The second-order valence-corrected chi connectivity index (χ2v) is 5.94. The van der Waals surface area contributed by atoms with Gasteiger partial charge in [-0.25, -0.2) is 4.39 Å². The van der Waals surface area contributed by atoms with Crippen LogP contribution in [0.1, 0.15) is 35.2 Å². The summed E-state index contributed by atoms with van der Waals surface area (Å²) in [4.78, 5) is 25.6. The van der Waals surface area contributed by atoms with Gasteiger partial charge < -0.3 is 10.2 Å². The number of carbonyl (C=O) groups excluding carboxylic acids is 2. The van der Waals surface area contributed by atoms with E-state index in [4.69, 9.17) is 0 Å². The highest BCUT2D eigenvalue weighted by atomic mass is 19.1. The van der Waals surface area contributed by atoms with E-state index in [9.17, 15) is 14.0 Å². The molecule has 0 fully saturated rings. The number of hydrogen-bond donors (Lipinski definition) is 1. The van der Waals surface area contributed by atoms with Crippen molar-refractivity contribution in [1.82, 2.24) is 5.32 Å². The van der Waals surface area contributed by atoms with Crippen molar-refractivity contribution in [2.45, 2.75) is 19.3 Å². The molecule has 1 aliphatic rings. The normalized spacial score (nSPS) is 15.9. The Morgan fingerprint density at radius 1 is 1.21 bits per heavy atom. The smallest absolute Gasteiger partial charge is 0.251 e. The van der Waals surface area contributed by atoms with Crippen LogP contribution in [0.3, 0.4) is 0 Å². The first kappa shape index (κ1) is 16.2. The quantitative estimate of drug-likeness (QED) is 0.938. The fourth-order valence-corrected chi connectivity index (χ4v) is 3.13. The van der Waals surface area contributed by atoms with Crippen LogP contribution in [0.2, 0.25) is 0 Å². The molecule has 2 amide bonds. The van der Waals surface area contributed by atoms with Gasteiger partial charge in [-0.3, -0.25) is 9.59 Å². The van der Waals surface area contributed by atoms with Gasteiger partial charge in [0.15, 0.2) is 0 Å². The number of fused-ring (bicyclic) bond motifs is 1. The largest absolute Gasteiger partial charge is 0.352 e. The molecule has 24 heavy (non-hydrogen) atoms. The standard InChI is InChI=1S/C19H19FN2O2/c1-13(23)22-12-15(17-7-2-3-8-18(17)22)9-10-21-19(24)14-5-4-6-16(20)11-14/h2-8,11,15H,9-10,12H2,1H3,(H,21,24). The maximum Gasteiger partial charge on any atom is 0.251 e. The highest BCUT2D eigenvalue weighted by Crippen LogP contribution is 2.37. The number of para-hydroxylation sites is 1. The average Bonchev–Trinajstić information content (AvgIpc) is 2.94. The molecule has 2 aromatic carbocycles. The van der Waals surface area contributed by atoms with E-state index < -0.39 is 5.82 Å². The van der Waals surface area contributed by atoms with E-state index in [1.807, 2.05) is 24.3 Å². The van der Waals surface area contributed by atoms with Gasteiger partial charge in [0.05, 0.1) is 0 Å². The van der Waals surface area contributed by atoms with Gasteiger partial charge in [0.1, 0.15) is 5.82 Å². The number of benzene rings is 2. The van der Waals surface area contributed by atoms with E-state index in [0.29, 0.717) is 18.7 Å². The van der Waals surface area contributed by atoms with Crippen molar-refractivity contribution in [2.75, 3.05) is 18.0 Å². The summed E-state index contributed by atoms with van der Waals surface area (Å²) in [6.45, 7) is 2.66. The van der Waals surface area contributed by atoms with Crippen molar-refractivity contribution in [3.05, 3.63) is 65.5 Å². The van der Waals surface area contributed by atoms with Gasteiger partial charge in [0.25, 0.3) is 5.91 Å². The first-order valence-corrected chi connectivity index (χ1v) is 7.97. The maximum atomic E-state index is 13.2. The first-order valence-electron chi connectivity index (χ1n) is 7.97. The van der Waals surface area contributed by atoms with Crippen molar-refractivity contribution in [2.24, 2.45) is 0 Å². The summed E-state index contributed by atoms with van der Waals surface area (Å²) in [5.74, 6) is -0.500. The molecule has 124 valence electrons. The number of amides is 2. The number of halogens is 1. The molecule has 0 aliphatic carbocycles. The van der Waals surface area contributed by atoms with E-state index >= 15 is 0 Å². The van der Waals surface area contributed by atoms with Crippen LogP contribution in [0.4, 0.5) is 10.1 Å². The molecule has 0 saturated heterocycles. The summed E-state index contributed by atoms with van der Waals surface area (Å²) in [6.07, 6.45) is 0.724. The first-order chi connectivity index (χ1) is 11.6. The minimum atomic E-state index is -0.426. The molecule has 4 nitrogen and oxygen atoms in total. The Kier molecular flexibility index (Phi) is 4.60. The molecule has 0 radical (unpaired) electrons. The van der Waals surface area contributed by atoms with Gasteiger partial charge in [-0.05, 0) is 36.2 Å². The Hall–Kier alpha value is -2.69. The van der Waals surface area contributed by atoms with Gasteiger partial charge in [-0.1, -0.05) is 24.3 Å². The Morgan fingerprint density at radius 2 is 2.00 bits per heavy atom. The SMILES string of the molecule is CC(=O)N1CC(CCNC(=O)c2cccc(F)c2)c2ccccc21. The van der Waals surface area contributed by atoms with Crippen molar-refractivity contribution in [3.8, 4) is 0 Å². The lowest BCUT2D eigenvalue weighted by molar-refractivity contribution is -0.116. The van der Waals surface area contributed by atoms with Gasteiger partial charge in [0, 0.05) is 37.2 Å². The third-order valence-electron chi connectivity index (χ3n) is 4.32. The molecule has 5 heteroatoms. The third-order valence-corrected chi connectivity index (χ3v) is 4.32. The van der Waals surface area contributed by atoms with Crippen LogP contribution in [-0.4, -0.2) is 24.9 Å². The van der Waals surface area contributed by atoms with Crippen LogP contribution in [0.15, 0.2) is 48.5 Å². The molecule has 1 N–H and O–H groups in total. The van der Waals surface area contributed by atoms with Gasteiger partial charge in [0.2, 0.25) is 5.91 Å². The van der Waals surface area contributed by atoms with E-state index in [1.54, 1.807) is 17.9 Å². The van der Waals surface area contributed by atoms with Crippen LogP contribution >= 0.6 is 0 Å². The summed E-state index contributed by atoms with van der Waals surface area (Å²) >= 11 is 0. The van der Waals surface area contributed by atoms with E-state index in [0.717, 1.165) is 17.7 Å². The summed E-state index contributed by atoms with van der Waals surface area (Å²) < 4.78 is 13.2. The molecular formula is C19H19FN2O2. The highest BCUT2D eigenvalue weighted by molar-refractivity contribution is 5.95. The lowest BCUT2D eigenvalue weighted by Crippen LogP contribution is -2.29. The van der Waals surface area contributed by atoms with Crippen LogP contribution < -0.4 is 10.2 Å². The number of hydrogen-bond acceptors (Lipinski definition) is 2. The van der Waals surface area contributed by atoms with Crippen LogP contribution in [0.25, 0.3) is 0 Å². The Bertz CT molecular complexity index is 775. The van der Waals surface area contributed by atoms with E-state index in [1.165, 1.54) is 18.2 Å². The molecule has 0 saturated carbocycles. The zero-order chi connectivity index (χ0) is 17.1. The highest BCUT2D eigenvalue weighted by Gasteiger charge is 2.30. The Labute approximate surface area is 140 Å². The predicted molar refractivity (Wildman–Crippen MR) is 90.6 cm³/mol. The molecule has 0 spiro atoms. The van der Waals surface area contributed by atoms with Crippen LogP contribution in [0.5, 0.6) is 0 Å². The molecule has 1 heterocycles. The Morgan fingerprint density at radius 3 is 2.75 bits per heavy atom. The van der Waals surface area contributed by atoms with Gasteiger partial charge in [-0.15, -0.1) is 0 Å². The van der Waals surface area contributed by atoms with Crippen molar-refractivity contribution < 1.29 is 14.0 Å². The maximum absolute atomic E-state index is 13.2. The minimum Gasteiger partial charge on any atom is -0.352 e. The monoisotopic (exact) mass is 326 g/mol. The van der Waals surface area contributed by atoms with Crippen LogP contribution in [0, 0.1) is 5.82 Å². The predicted octanol–water partition coefficient (Wildman–Crippen LogP) is 3.10. The third kappa shape index (κ3) is 3.30. The van der Waals surface area contributed by atoms with Gasteiger partial charge in [-0.2, -0.15) is 0 Å². The summed E-state index contributed by atoms with van der Waals surface area (Å²) in [7, 11) is 0. The number of nitrogens with one attached hydrogen (secondary N) is 1. The number of carbonyl (C=O) groups is 2. The van der Waals surface area contributed by atoms with E-state index in [-0.39, 0.29) is 17.7 Å². The molecule has 2 aromatic rings. The minimum absolute atomic E-state index is 0.0220. The molecule has 1 atom stereocenters. The fourth-order valence-electron chi connectivity index (χ4n) is 3.13. The van der Waals surface area contributed by atoms with E-state index in [2.05, 4.69) is 5.32 Å². The number of nitrogens with zero attached hydrogens (tertiary/aromatic N) is 1. The fraction of sp³-hybridized carbons (Fsp3) is 0.263. The topological polar surface area (TPSA) is 49.4 Å². The molecule has 0 bridgehead atoms. The number of anilines is 1. The van der Waals surface area contributed by atoms with Crippen molar-refractivity contribution in [1.29, 1.82) is 0 Å². The summed E-state index contributed by atoms with van der Waals surface area (Å²) in [5.41, 5.74) is 2.39. The lowest BCUT2D eigenvalue weighted by atomic mass is 9.98. The van der Waals surface area contributed by atoms with Crippen LogP contribution in [-0.2, 0) is 4.79 Å². The Balaban J connectivity index is 1.61. The number of rotatable bonds is 4.